The summed E-state index contributed by atoms with van der Waals surface area (Å²) in [5.74, 6) is 2.11. The van der Waals surface area contributed by atoms with Crippen molar-refractivity contribution >= 4 is 11.8 Å². The number of rotatable bonds is 2. The summed E-state index contributed by atoms with van der Waals surface area (Å²) >= 11 is 0. The van der Waals surface area contributed by atoms with E-state index >= 15 is 0 Å². The molecule has 38 heavy (non-hydrogen) atoms. The molecule has 3 heterocycles. The fraction of sp³-hybridized carbons (Fsp3) is 0.188. The number of nitrogens with zero attached hydrogens (tertiary/aromatic N) is 2. The van der Waals surface area contributed by atoms with Crippen LogP contribution >= 0.6 is 0 Å². The van der Waals surface area contributed by atoms with Crippen LogP contribution in [0.1, 0.15) is 34.1 Å². The molecule has 0 spiro atoms. The molecule has 1 saturated heterocycles. The van der Waals surface area contributed by atoms with E-state index in [2.05, 4.69) is 0 Å². The minimum atomic E-state index is -0.423. The largest absolute Gasteiger partial charge is 0.457 e. The quantitative estimate of drug-likeness (QED) is 0.362. The molecule has 1 fully saturated rings. The first-order valence-corrected chi connectivity index (χ1v) is 13.0. The van der Waals surface area contributed by atoms with Crippen LogP contribution in [-0.2, 0) is 9.59 Å². The Morgan fingerprint density at radius 2 is 0.737 bits per heavy atom. The van der Waals surface area contributed by atoms with Crippen LogP contribution in [0, 0.1) is 0 Å². The summed E-state index contributed by atoms with van der Waals surface area (Å²) < 4.78 is 12.2. The molecule has 2 amide bonds. The fourth-order valence-electron chi connectivity index (χ4n) is 5.86. The normalized spacial score (nSPS) is 16.3. The molecule has 0 N–H and O–H groups in total. The van der Waals surface area contributed by atoms with Crippen LogP contribution < -0.4 is 9.47 Å². The molecule has 6 nitrogen and oxygen atoms in total. The number of para-hydroxylation sites is 4. The number of piperazine rings is 1. The number of benzene rings is 4. The first-order chi connectivity index (χ1) is 18.7. The van der Waals surface area contributed by atoms with Gasteiger partial charge in [-0.05, 0) is 24.3 Å². The van der Waals surface area contributed by atoms with Gasteiger partial charge in [0.25, 0.3) is 0 Å². The number of amides is 2. The molecule has 0 bridgehead atoms. The van der Waals surface area contributed by atoms with Crippen molar-refractivity contribution < 1.29 is 19.1 Å². The first kappa shape index (κ1) is 22.6. The average Bonchev–Trinajstić information content (AvgIpc) is 2.98. The highest BCUT2D eigenvalue weighted by atomic mass is 16.5. The third-order valence-electron chi connectivity index (χ3n) is 7.76. The van der Waals surface area contributed by atoms with Crippen molar-refractivity contribution in [2.75, 3.05) is 26.2 Å². The van der Waals surface area contributed by atoms with E-state index in [9.17, 15) is 9.59 Å². The number of carbonyl (C=O) groups excluding carboxylic acids is 2. The molecule has 0 aliphatic carbocycles. The highest BCUT2D eigenvalue weighted by Crippen LogP contribution is 2.46. The van der Waals surface area contributed by atoms with Gasteiger partial charge in [-0.25, -0.2) is 0 Å². The Morgan fingerprint density at radius 3 is 1.03 bits per heavy atom. The van der Waals surface area contributed by atoms with E-state index in [-0.39, 0.29) is 11.8 Å². The zero-order valence-corrected chi connectivity index (χ0v) is 20.7. The molecular formula is C32H26N2O4. The fourth-order valence-corrected chi connectivity index (χ4v) is 5.86. The second-order valence-electron chi connectivity index (χ2n) is 9.87. The zero-order valence-electron chi connectivity index (χ0n) is 20.7. The lowest BCUT2D eigenvalue weighted by molar-refractivity contribution is -0.140. The molecule has 4 aromatic carbocycles. The number of ether oxygens (including phenoxy) is 2. The van der Waals surface area contributed by atoms with E-state index in [4.69, 9.17) is 9.47 Å². The van der Waals surface area contributed by atoms with E-state index in [1.807, 2.05) is 107 Å². The Morgan fingerprint density at radius 1 is 0.474 bits per heavy atom. The lowest BCUT2D eigenvalue weighted by Gasteiger charge is -2.39. The summed E-state index contributed by atoms with van der Waals surface area (Å²) in [5, 5.41) is 0. The number of hydrogen-bond donors (Lipinski definition) is 0. The number of hydrogen-bond acceptors (Lipinski definition) is 4. The van der Waals surface area contributed by atoms with Crippen LogP contribution in [0.5, 0.6) is 23.0 Å². The predicted molar refractivity (Wildman–Crippen MR) is 143 cm³/mol. The van der Waals surface area contributed by atoms with Gasteiger partial charge in [-0.1, -0.05) is 72.8 Å². The van der Waals surface area contributed by atoms with Gasteiger partial charge < -0.3 is 19.3 Å². The summed E-state index contributed by atoms with van der Waals surface area (Å²) in [4.78, 5) is 31.6. The monoisotopic (exact) mass is 502 g/mol. The summed E-state index contributed by atoms with van der Waals surface area (Å²) in [6, 6.07) is 30.9. The summed E-state index contributed by atoms with van der Waals surface area (Å²) in [6.07, 6.45) is 0. The van der Waals surface area contributed by atoms with Crippen LogP contribution in [-0.4, -0.2) is 47.8 Å². The van der Waals surface area contributed by atoms with Crippen molar-refractivity contribution in [2.24, 2.45) is 0 Å². The predicted octanol–water partition coefficient (Wildman–Crippen LogP) is 5.53. The van der Waals surface area contributed by atoms with E-state index in [0.717, 1.165) is 45.3 Å². The summed E-state index contributed by atoms with van der Waals surface area (Å²) in [7, 11) is 0. The van der Waals surface area contributed by atoms with Gasteiger partial charge in [0.05, 0.1) is 11.8 Å². The highest BCUT2D eigenvalue weighted by Gasteiger charge is 2.39. The Labute approximate surface area is 221 Å². The van der Waals surface area contributed by atoms with Gasteiger partial charge in [0.2, 0.25) is 11.8 Å². The second kappa shape index (κ2) is 9.06. The van der Waals surface area contributed by atoms with Gasteiger partial charge in [-0.15, -0.1) is 0 Å². The molecule has 0 aromatic heterocycles. The Hall–Kier alpha value is -4.58. The van der Waals surface area contributed by atoms with Crippen LogP contribution in [0.25, 0.3) is 0 Å². The number of carbonyl (C=O) groups is 2. The van der Waals surface area contributed by atoms with E-state index in [1.165, 1.54) is 0 Å². The molecule has 3 aliphatic rings. The maximum Gasteiger partial charge on any atom is 0.234 e. The lowest BCUT2D eigenvalue weighted by atomic mass is 9.86. The van der Waals surface area contributed by atoms with Gasteiger partial charge in [0.1, 0.15) is 23.0 Å². The van der Waals surface area contributed by atoms with Crippen LogP contribution in [0.4, 0.5) is 0 Å². The SMILES string of the molecule is O=C(C1c2ccccc2Oc2ccccc21)N1CCN(C(=O)C2c3ccccc3Oc3ccccc32)CC1. The highest BCUT2D eigenvalue weighted by molar-refractivity contribution is 5.91. The molecule has 0 atom stereocenters. The standard InChI is InChI=1S/C32H26N2O4/c35-31(29-21-9-1-5-13-25(21)37-26-14-6-2-10-22(26)29)33-17-19-34(20-18-33)32(36)30-23-11-3-7-15-27(23)38-28-16-8-4-12-24(28)30/h1-16,29-30H,17-20H2. The molecule has 0 saturated carbocycles. The third-order valence-corrected chi connectivity index (χ3v) is 7.76. The van der Waals surface area contributed by atoms with Crippen molar-refractivity contribution in [3.8, 4) is 23.0 Å². The number of fused-ring (bicyclic) bond motifs is 4. The van der Waals surface area contributed by atoms with Crippen molar-refractivity contribution in [1.82, 2.24) is 9.80 Å². The Balaban J connectivity index is 1.13. The molecule has 188 valence electrons. The maximum absolute atomic E-state index is 13.9. The van der Waals surface area contributed by atoms with Crippen molar-refractivity contribution in [1.29, 1.82) is 0 Å². The Kier molecular flexibility index (Phi) is 5.39. The molecule has 0 unspecified atom stereocenters. The lowest BCUT2D eigenvalue weighted by Crippen LogP contribution is -2.53. The smallest absolute Gasteiger partial charge is 0.234 e. The topological polar surface area (TPSA) is 59.1 Å². The zero-order chi connectivity index (χ0) is 25.6. The molecular weight excluding hydrogens is 476 g/mol. The van der Waals surface area contributed by atoms with Gasteiger partial charge >= 0.3 is 0 Å². The van der Waals surface area contributed by atoms with Gasteiger partial charge in [0.15, 0.2) is 0 Å². The molecule has 6 heteroatoms. The molecule has 3 aliphatic heterocycles. The minimum absolute atomic E-state index is 0.0436. The third kappa shape index (κ3) is 3.64. The van der Waals surface area contributed by atoms with Gasteiger partial charge in [-0.2, -0.15) is 0 Å². The summed E-state index contributed by atoms with van der Waals surface area (Å²) in [6.45, 7) is 1.94. The first-order valence-electron chi connectivity index (χ1n) is 13.0. The average molecular weight is 503 g/mol. The van der Waals surface area contributed by atoms with Crippen molar-refractivity contribution in [3.05, 3.63) is 119 Å². The maximum atomic E-state index is 13.9. The van der Waals surface area contributed by atoms with Crippen molar-refractivity contribution in [3.63, 3.8) is 0 Å². The molecule has 7 rings (SSSR count). The van der Waals surface area contributed by atoms with Crippen molar-refractivity contribution in [2.45, 2.75) is 11.8 Å². The van der Waals surface area contributed by atoms with Gasteiger partial charge in [-0.3, -0.25) is 9.59 Å². The van der Waals surface area contributed by atoms with E-state index < -0.39 is 11.8 Å². The molecule has 4 aromatic rings. The Bertz CT molecular complexity index is 1350. The molecule has 0 radical (unpaired) electrons. The minimum Gasteiger partial charge on any atom is -0.457 e. The van der Waals surface area contributed by atoms with Crippen LogP contribution in [0.2, 0.25) is 0 Å². The van der Waals surface area contributed by atoms with E-state index in [1.54, 1.807) is 0 Å². The summed E-state index contributed by atoms with van der Waals surface area (Å²) in [5.41, 5.74) is 3.52. The second-order valence-corrected chi connectivity index (χ2v) is 9.87. The van der Waals surface area contributed by atoms with Crippen LogP contribution in [0.15, 0.2) is 97.1 Å². The van der Waals surface area contributed by atoms with Gasteiger partial charge in [0, 0.05) is 48.4 Å². The van der Waals surface area contributed by atoms with Crippen LogP contribution in [0.3, 0.4) is 0 Å². The van der Waals surface area contributed by atoms with E-state index in [0.29, 0.717) is 26.2 Å².